The van der Waals surface area contributed by atoms with Crippen LogP contribution < -0.4 is 5.32 Å². The summed E-state index contributed by atoms with van der Waals surface area (Å²) in [5.41, 5.74) is 0.230. The van der Waals surface area contributed by atoms with Crippen molar-refractivity contribution in [2.75, 3.05) is 6.54 Å². The van der Waals surface area contributed by atoms with Gasteiger partial charge in [-0.2, -0.15) is 13.2 Å². The highest BCUT2D eigenvalue weighted by atomic mass is 35.5. The third kappa shape index (κ3) is 5.10. The number of halogens is 8. The molecular weight excluding hydrogens is 502 g/mol. The Labute approximate surface area is 194 Å². The minimum Gasteiger partial charge on any atom is -0.367 e. The van der Waals surface area contributed by atoms with Crippen LogP contribution in [-0.4, -0.2) is 30.8 Å². The summed E-state index contributed by atoms with van der Waals surface area (Å²) in [6.45, 7) is -0.0531. The van der Waals surface area contributed by atoms with Crippen LogP contribution >= 0.6 is 34.8 Å². The first kappa shape index (κ1) is 24.5. The number of amides is 1. The van der Waals surface area contributed by atoms with E-state index < -0.39 is 36.0 Å². The van der Waals surface area contributed by atoms with Gasteiger partial charge in [0.2, 0.25) is 5.06 Å². The molecule has 2 aromatic carbocycles. The number of benzene rings is 2. The van der Waals surface area contributed by atoms with E-state index in [1.807, 2.05) is 0 Å². The molecule has 1 aliphatic rings. The number of hydrogen-bond acceptors (Lipinski definition) is 3. The number of hydrogen-bond donors (Lipinski definition) is 1. The van der Waals surface area contributed by atoms with Crippen LogP contribution in [0.3, 0.4) is 0 Å². The van der Waals surface area contributed by atoms with Crippen LogP contribution in [0.15, 0.2) is 41.6 Å². The molecule has 0 aromatic heterocycles. The Hall–Kier alpha value is -2.10. The van der Waals surface area contributed by atoms with Gasteiger partial charge in [0.15, 0.2) is 0 Å². The Morgan fingerprint density at radius 3 is 2.34 bits per heavy atom. The summed E-state index contributed by atoms with van der Waals surface area (Å²) >= 11 is 18.4. The fourth-order valence-electron chi connectivity index (χ4n) is 3.26. The number of oxime groups is 1. The van der Waals surface area contributed by atoms with Gasteiger partial charge in [-0.1, -0.05) is 46.0 Å². The summed E-state index contributed by atoms with van der Waals surface area (Å²) in [5.74, 6) is -2.69. The fraction of sp³-hybridized carbons (Fsp3) is 0.300. The smallest absolute Gasteiger partial charge is 0.367 e. The second-order valence-corrected chi connectivity index (χ2v) is 8.44. The summed E-state index contributed by atoms with van der Waals surface area (Å²) in [5, 5.41) is 3.71. The molecular formula is C20H14Cl3F5N2O2. The van der Waals surface area contributed by atoms with Gasteiger partial charge < -0.3 is 10.2 Å². The van der Waals surface area contributed by atoms with Crippen molar-refractivity contribution in [2.24, 2.45) is 11.1 Å². The number of rotatable bonds is 5. The second-order valence-electron chi connectivity index (χ2n) is 7.01. The molecule has 2 aromatic rings. The Balaban J connectivity index is 1.92. The van der Waals surface area contributed by atoms with Gasteiger partial charge in [0, 0.05) is 26.7 Å². The Morgan fingerprint density at radius 1 is 1.19 bits per heavy atom. The molecule has 12 heteroatoms. The van der Waals surface area contributed by atoms with Gasteiger partial charge in [-0.3, -0.25) is 4.79 Å². The highest BCUT2D eigenvalue weighted by Gasteiger charge is 2.54. The van der Waals surface area contributed by atoms with Gasteiger partial charge >= 0.3 is 6.18 Å². The van der Waals surface area contributed by atoms with Crippen molar-refractivity contribution in [2.45, 2.75) is 24.6 Å². The second kappa shape index (κ2) is 9.03. The van der Waals surface area contributed by atoms with Crippen molar-refractivity contribution < 1.29 is 31.6 Å². The quantitative estimate of drug-likeness (QED) is 0.375. The molecule has 0 saturated carbocycles. The van der Waals surface area contributed by atoms with Crippen LogP contribution in [0.1, 0.15) is 27.0 Å². The van der Waals surface area contributed by atoms with Gasteiger partial charge in [0.1, 0.15) is 18.2 Å². The molecule has 1 aliphatic heterocycles. The van der Waals surface area contributed by atoms with Gasteiger partial charge in [0.25, 0.3) is 12.3 Å². The van der Waals surface area contributed by atoms with Crippen LogP contribution in [0, 0.1) is 12.8 Å². The summed E-state index contributed by atoms with van der Waals surface area (Å²) in [4.78, 5) is 17.3. The van der Waals surface area contributed by atoms with E-state index >= 15 is 0 Å². The highest BCUT2D eigenvalue weighted by Crippen LogP contribution is 2.48. The predicted molar refractivity (Wildman–Crippen MR) is 111 cm³/mol. The van der Waals surface area contributed by atoms with E-state index in [4.69, 9.17) is 39.6 Å². The molecule has 0 bridgehead atoms. The van der Waals surface area contributed by atoms with E-state index in [2.05, 4.69) is 5.16 Å². The summed E-state index contributed by atoms with van der Waals surface area (Å²) in [6, 6.07) is 7.88. The van der Waals surface area contributed by atoms with Crippen molar-refractivity contribution in [1.82, 2.24) is 5.32 Å². The molecule has 32 heavy (non-hydrogen) atoms. The molecule has 0 spiro atoms. The minimum atomic E-state index is -4.57. The molecule has 0 aliphatic carbocycles. The first-order valence-corrected chi connectivity index (χ1v) is 10.1. The topological polar surface area (TPSA) is 50.7 Å². The van der Waals surface area contributed by atoms with E-state index in [0.717, 1.165) is 0 Å². The molecule has 4 nitrogen and oxygen atoms in total. The number of alkyl halides is 6. The van der Waals surface area contributed by atoms with E-state index in [1.165, 1.54) is 43.3 Å². The maximum atomic E-state index is 14.1. The first-order chi connectivity index (χ1) is 14.8. The van der Waals surface area contributed by atoms with Crippen LogP contribution in [0.2, 0.25) is 10.0 Å². The molecule has 172 valence electrons. The third-order valence-electron chi connectivity index (χ3n) is 4.70. The van der Waals surface area contributed by atoms with Gasteiger partial charge in [-0.05, 0) is 42.8 Å². The van der Waals surface area contributed by atoms with E-state index in [0.29, 0.717) is 0 Å². The lowest BCUT2D eigenvalue weighted by Gasteiger charge is -2.27. The van der Waals surface area contributed by atoms with Crippen molar-refractivity contribution in [3.63, 3.8) is 0 Å². The van der Waals surface area contributed by atoms with Gasteiger partial charge in [-0.25, -0.2) is 8.78 Å². The molecule has 0 fully saturated rings. The third-order valence-corrected chi connectivity index (χ3v) is 5.65. The highest BCUT2D eigenvalue weighted by molar-refractivity contribution is 6.35. The SMILES string of the molecule is Cc1cc(C2=NOC(Cl)(c3cc(Cl)cc(Cl)c3)C2C(F)F)ccc1C(=O)NCC(F)(F)F. The van der Waals surface area contributed by atoms with Crippen molar-refractivity contribution in [3.05, 3.63) is 68.7 Å². The molecule has 0 saturated heterocycles. The summed E-state index contributed by atoms with van der Waals surface area (Å²) in [7, 11) is 0. The van der Waals surface area contributed by atoms with Crippen molar-refractivity contribution >= 4 is 46.4 Å². The first-order valence-electron chi connectivity index (χ1n) is 8.97. The van der Waals surface area contributed by atoms with E-state index in [1.54, 1.807) is 5.32 Å². The molecule has 1 amide bonds. The Morgan fingerprint density at radius 2 is 1.81 bits per heavy atom. The van der Waals surface area contributed by atoms with E-state index in [-0.39, 0.29) is 38.0 Å². The number of carbonyl (C=O) groups excluding carboxylic acids is 1. The van der Waals surface area contributed by atoms with Crippen LogP contribution in [0.5, 0.6) is 0 Å². The zero-order valence-electron chi connectivity index (χ0n) is 16.1. The average molecular weight is 516 g/mol. The number of carbonyl (C=O) groups is 1. The Kier molecular flexibility index (Phi) is 6.93. The van der Waals surface area contributed by atoms with Crippen LogP contribution in [-0.2, 0) is 9.90 Å². The number of nitrogens with zero attached hydrogens (tertiary/aromatic N) is 1. The van der Waals surface area contributed by atoms with Crippen molar-refractivity contribution in [3.8, 4) is 0 Å². The van der Waals surface area contributed by atoms with Gasteiger partial charge in [0.05, 0.1) is 0 Å². The summed E-state index contributed by atoms with van der Waals surface area (Å²) < 4.78 is 65.2. The standard InChI is InChI=1S/C20H14Cl3F5N2O2/c1-9-4-10(2-3-14(9)18(31)29-8-19(26,27)28)16-15(17(24)25)20(23,32-30-16)11-5-12(21)7-13(22)6-11/h2-7,15,17H,8H2,1H3,(H,29,31). The van der Waals surface area contributed by atoms with Gasteiger partial charge in [-0.15, -0.1) is 0 Å². The molecule has 1 heterocycles. The number of nitrogens with one attached hydrogen (secondary N) is 1. The zero-order valence-corrected chi connectivity index (χ0v) is 18.4. The normalized spacial score (nSPS) is 20.8. The lowest BCUT2D eigenvalue weighted by Crippen LogP contribution is -2.37. The molecule has 3 rings (SSSR count). The maximum absolute atomic E-state index is 14.1. The molecule has 0 radical (unpaired) electrons. The largest absolute Gasteiger partial charge is 0.405 e. The monoisotopic (exact) mass is 514 g/mol. The minimum absolute atomic E-state index is 0.0510. The predicted octanol–water partition coefficient (Wildman–Crippen LogP) is 6.30. The lowest BCUT2D eigenvalue weighted by atomic mass is 9.87. The van der Waals surface area contributed by atoms with Crippen molar-refractivity contribution in [1.29, 1.82) is 0 Å². The average Bonchev–Trinajstić information content (AvgIpc) is 3.03. The Bertz CT molecular complexity index is 1060. The summed E-state index contributed by atoms with van der Waals surface area (Å²) in [6.07, 6.45) is -7.59. The van der Waals surface area contributed by atoms with Crippen LogP contribution in [0.25, 0.3) is 0 Å². The zero-order chi connectivity index (χ0) is 23.8. The fourth-order valence-corrected chi connectivity index (χ4v) is 4.12. The van der Waals surface area contributed by atoms with Crippen LogP contribution in [0.4, 0.5) is 22.0 Å². The maximum Gasteiger partial charge on any atom is 0.405 e. The number of aryl methyl sites for hydroxylation is 1. The lowest BCUT2D eigenvalue weighted by molar-refractivity contribution is -0.123. The van der Waals surface area contributed by atoms with E-state index in [9.17, 15) is 26.7 Å². The molecule has 2 unspecified atom stereocenters. The molecule has 2 atom stereocenters. The molecule has 1 N–H and O–H groups in total.